The molecule has 0 saturated carbocycles. The van der Waals surface area contributed by atoms with Gasteiger partial charge in [0.05, 0.1) is 11.8 Å². The molecule has 25 heavy (non-hydrogen) atoms. The first-order valence-electron chi connectivity index (χ1n) is 8.32. The second-order valence-corrected chi connectivity index (χ2v) is 6.34. The van der Waals surface area contributed by atoms with Crippen LogP contribution in [0.3, 0.4) is 0 Å². The molecule has 0 bridgehead atoms. The summed E-state index contributed by atoms with van der Waals surface area (Å²) in [6.07, 6.45) is 0.864. The maximum Gasteiger partial charge on any atom is 0.266 e. The smallest absolute Gasteiger partial charge is 0.266 e. The Kier molecular flexibility index (Phi) is 4.23. The summed E-state index contributed by atoms with van der Waals surface area (Å²) in [4.78, 5) is 6.63. The van der Waals surface area contributed by atoms with E-state index in [0.717, 1.165) is 36.5 Å². The SMILES string of the molecule is CO[C@H]1CN(c2noc(-c3ccccc3)n2)C[C@H]1Cc1cc(C)no1. The molecule has 1 saturated heterocycles. The molecule has 7 heteroatoms. The van der Waals surface area contributed by atoms with E-state index in [-0.39, 0.29) is 12.0 Å². The van der Waals surface area contributed by atoms with Crippen molar-refractivity contribution in [2.45, 2.75) is 19.4 Å². The Morgan fingerprint density at radius 2 is 2.00 bits per heavy atom. The molecule has 130 valence electrons. The van der Waals surface area contributed by atoms with E-state index in [2.05, 4.69) is 20.2 Å². The van der Waals surface area contributed by atoms with Crippen LogP contribution in [0, 0.1) is 12.8 Å². The zero-order valence-electron chi connectivity index (χ0n) is 14.3. The Labute approximate surface area is 145 Å². The Hall–Kier alpha value is -2.67. The van der Waals surface area contributed by atoms with Gasteiger partial charge in [0.15, 0.2) is 0 Å². The molecule has 2 atom stereocenters. The molecule has 0 aliphatic carbocycles. The van der Waals surface area contributed by atoms with E-state index in [9.17, 15) is 0 Å². The summed E-state index contributed by atoms with van der Waals surface area (Å²) in [5.74, 6) is 2.29. The zero-order chi connectivity index (χ0) is 17.2. The lowest BCUT2D eigenvalue weighted by Gasteiger charge is -2.14. The van der Waals surface area contributed by atoms with Gasteiger partial charge in [-0.1, -0.05) is 23.4 Å². The number of aryl methyl sites for hydroxylation is 1. The Morgan fingerprint density at radius 3 is 2.72 bits per heavy atom. The minimum atomic E-state index is 0.0871. The molecule has 1 aliphatic heterocycles. The molecule has 1 aliphatic rings. The lowest BCUT2D eigenvalue weighted by atomic mass is 10.0. The third kappa shape index (κ3) is 3.28. The average molecular weight is 340 g/mol. The van der Waals surface area contributed by atoms with Gasteiger partial charge in [0.1, 0.15) is 5.76 Å². The third-order valence-electron chi connectivity index (χ3n) is 4.54. The van der Waals surface area contributed by atoms with E-state index in [0.29, 0.717) is 11.8 Å². The van der Waals surface area contributed by atoms with Gasteiger partial charge in [-0.15, -0.1) is 0 Å². The van der Waals surface area contributed by atoms with E-state index in [1.807, 2.05) is 43.3 Å². The molecule has 0 amide bonds. The number of nitrogens with zero attached hydrogens (tertiary/aromatic N) is 4. The Morgan fingerprint density at radius 1 is 1.16 bits per heavy atom. The molecule has 0 N–H and O–H groups in total. The predicted molar refractivity (Wildman–Crippen MR) is 91.2 cm³/mol. The molecule has 1 fully saturated rings. The number of rotatable bonds is 5. The van der Waals surface area contributed by atoms with E-state index in [1.54, 1.807) is 7.11 Å². The number of anilines is 1. The first kappa shape index (κ1) is 15.8. The van der Waals surface area contributed by atoms with Gasteiger partial charge in [-0.05, 0) is 24.2 Å². The highest BCUT2D eigenvalue weighted by Crippen LogP contribution is 2.28. The summed E-state index contributed by atoms with van der Waals surface area (Å²) >= 11 is 0. The summed E-state index contributed by atoms with van der Waals surface area (Å²) in [6.45, 7) is 3.43. The largest absolute Gasteiger partial charge is 0.379 e. The molecular weight excluding hydrogens is 320 g/mol. The number of hydrogen-bond donors (Lipinski definition) is 0. The molecule has 3 heterocycles. The zero-order valence-corrected chi connectivity index (χ0v) is 14.3. The second kappa shape index (κ2) is 6.68. The van der Waals surface area contributed by atoms with Crippen molar-refractivity contribution in [3.05, 3.63) is 47.9 Å². The monoisotopic (exact) mass is 340 g/mol. The van der Waals surface area contributed by atoms with Crippen molar-refractivity contribution >= 4 is 5.95 Å². The van der Waals surface area contributed by atoms with Gasteiger partial charge in [-0.2, -0.15) is 4.98 Å². The van der Waals surface area contributed by atoms with E-state index in [1.165, 1.54) is 0 Å². The average Bonchev–Trinajstić information content (AvgIpc) is 3.35. The predicted octanol–water partition coefficient (Wildman–Crippen LogP) is 2.73. The molecule has 1 aromatic carbocycles. The highest BCUT2D eigenvalue weighted by molar-refractivity contribution is 5.54. The lowest BCUT2D eigenvalue weighted by molar-refractivity contribution is 0.0812. The first-order chi connectivity index (χ1) is 12.2. The van der Waals surface area contributed by atoms with E-state index >= 15 is 0 Å². The van der Waals surface area contributed by atoms with Crippen molar-refractivity contribution in [1.29, 1.82) is 0 Å². The van der Waals surface area contributed by atoms with Gasteiger partial charge < -0.3 is 18.7 Å². The van der Waals surface area contributed by atoms with Gasteiger partial charge in [-0.25, -0.2) is 0 Å². The van der Waals surface area contributed by atoms with Crippen molar-refractivity contribution in [3.63, 3.8) is 0 Å². The van der Waals surface area contributed by atoms with Crippen molar-refractivity contribution in [1.82, 2.24) is 15.3 Å². The fourth-order valence-electron chi connectivity index (χ4n) is 3.28. The molecular formula is C18H20N4O3. The lowest BCUT2D eigenvalue weighted by Crippen LogP contribution is -2.23. The van der Waals surface area contributed by atoms with Crippen LogP contribution >= 0.6 is 0 Å². The normalized spacial score (nSPS) is 20.3. The van der Waals surface area contributed by atoms with Gasteiger partial charge >= 0.3 is 0 Å². The summed E-state index contributed by atoms with van der Waals surface area (Å²) in [7, 11) is 1.73. The van der Waals surface area contributed by atoms with Crippen molar-refractivity contribution in [2.24, 2.45) is 5.92 Å². The van der Waals surface area contributed by atoms with E-state index in [4.69, 9.17) is 13.8 Å². The van der Waals surface area contributed by atoms with Crippen molar-refractivity contribution in [3.8, 4) is 11.5 Å². The highest BCUT2D eigenvalue weighted by Gasteiger charge is 2.35. The summed E-state index contributed by atoms with van der Waals surface area (Å²) in [5, 5.41) is 8.09. The summed E-state index contributed by atoms with van der Waals surface area (Å²) < 4.78 is 16.4. The van der Waals surface area contributed by atoms with Crippen LogP contribution in [0.1, 0.15) is 11.5 Å². The molecule has 4 rings (SSSR count). The van der Waals surface area contributed by atoms with Crippen LogP contribution in [0.2, 0.25) is 0 Å². The minimum Gasteiger partial charge on any atom is -0.379 e. The maximum absolute atomic E-state index is 5.66. The number of aromatic nitrogens is 3. The third-order valence-corrected chi connectivity index (χ3v) is 4.54. The second-order valence-electron chi connectivity index (χ2n) is 6.34. The fraction of sp³-hybridized carbons (Fsp3) is 0.389. The van der Waals surface area contributed by atoms with Crippen LogP contribution in [-0.2, 0) is 11.2 Å². The van der Waals surface area contributed by atoms with Crippen LogP contribution in [0.4, 0.5) is 5.95 Å². The Balaban J connectivity index is 1.49. The maximum atomic E-state index is 5.66. The number of hydrogen-bond acceptors (Lipinski definition) is 7. The van der Waals surface area contributed by atoms with Crippen molar-refractivity contribution < 1.29 is 13.8 Å². The van der Waals surface area contributed by atoms with Gasteiger partial charge in [0, 0.05) is 44.2 Å². The van der Waals surface area contributed by atoms with Crippen LogP contribution in [0.5, 0.6) is 0 Å². The molecule has 2 aromatic heterocycles. The number of benzene rings is 1. The minimum absolute atomic E-state index is 0.0871. The van der Waals surface area contributed by atoms with Crippen LogP contribution < -0.4 is 4.90 Å². The molecule has 7 nitrogen and oxygen atoms in total. The van der Waals surface area contributed by atoms with Gasteiger partial charge in [-0.3, -0.25) is 0 Å². The molecule has 3 aromatic rings. The topological polar surface area (TPSA) is 77.4 Å². The summed E-state index contributed by atoms with van der Waals surface area (Å²) in [6, 6.07) is 11.7. The van der Waals surface area contributed by atoms with Crippen LogP contribution in [-0.4, -0.2) is 41.6 Å². The van der Waals surface area contributed by atoms with Crippen LogP contribution in [0.25, 0.3) is 11.5 Å². The summed E-state index contributed by atoms with van der Waals surface area (Å²) in [5.41, 5.74) is 1.81. The number of methoxy groups -OCH3 is 1. The van der Waals surface area contributed by atoms with Gasteiger partial charge in [0.25, 0.3) is 11.8 Å². The highest BCUT2D eigenvalue weighted by atomic mass is 16.5. The molecule has 0 spiro atoms. The molecule has 0 unspecified atom stereocenters. The van der Waals surface area contributed by atoms with E-state index < -0.39 is 0 Å². The first-order valence-corrected chi connectivity index (χ1v) is 8.32. The standard InChI is InChI=1S/C18H20N4O3/c1-12-8-15(24-20-12)9-14-10-22(11-16(14)23-2)18-19-17(25-21-18)13-6-4-3-5-7-13/h3-8,14,16H,9-11H2,1-2H3/t14-,16+/m1/s1. The fourth-order valence-corrected chi connectivity index (χ4v) is 3.28. The quantitative estimate of drug-likeness (QED) is 0.706. The Bertz CT molecular complexity index is 830. The number of ether oxygens (including phenoxy) is 1. The van der Waals surface area contributed by atoms with Gasteiger partial charge in [0.2, 0.25) is 0 Å². The van der Waals surface area contributed by atoms with Crippen LogP contribution in [0.15, 0.2) is 45.4 Å². The molecule has 0 radical (unpaired) electrons. The van der Waals surface area contributed by atoms with Crippen molar-refractivity contribution in [2.75, 3.05) is 25.1 Å².